The highest BCUT2D eigenvalue weighted by Crippen LogP contribution is 2.45. The molecule has 1 atom stereocenters. The van der Waals surface area contributed by atoms with Crippen LogP contribution in [-0.2, 0) is 4.79 Å². The molecule has 0 unspecified atom stereocenters. The molecule has 6 heteroatoms. The Bertz CT molecular complexity index is 805. The Labute approximate surface area is 138 Å². The first-order valence-corrected chi connectivity index (χ1v) is 7.60. The summed E-state index contributed by atoms with van der Waals surface area (Å²) in [4.78, 5) is 12.1. The van der Waals surface area contributed by atoms with E-state index in [0.717, 1.165) is 16.8 Å². The van der Waals surface area contributed by atoms with Gasteiger partial charge in [0.2, 0.25) is 12.7 Å². The summed E-state index contributed by atoms with van der Waals surface area (Å²) >= 11 is 6.24. The van der Waals surface area contributed by atoms with Crippen LogP contribution in [0.15, 0.2) is 30.3 Å². The first-order chi connectivity index (χ1) is 11.2. The molecule has 0 fully saturated rings. The molecule has 4 rings (SSSR count). The van der Waals surface area contributed by atoms with Gasteiger partial charge in [-0.1, -0.05) is 17.7 Å². The summed E-state index contributed by atoms with van der Waals surface area (Å²) in [7, 11) is 1.57. The van der Waals surface area contributed by atoms with Crippen LogP contribution in [0, 0.1) is 0 Å². The molecule has 23 heavy (non-hydrogen) atoms. The minimum Gasteiger partial charge on any atom is -0.495 e. The number of hydrogen-bond donors (Lipinski definition) is 1. The Morgan fingerprint density at radius 1 is 1.22 bits per heavy atom. The Morgan fingerprint density at radius 3 is 2.74 bits per heavy atom. The molecule has 0 spiro atoms. The molecule has 0 saturated carbocycles. The Hall–Kier alpha value is -2.40. The minimum absolute atomic E-state index is 0.0340. The molecule has 5 nitrogen and oxygen atoms in total. The summed E-state index contributed by atoms with van der Waals surface area (Å²) in [5.41, 5.74) is 2.71. The zero-order chi connectivity index (χ0) is 16.0. The minimum atomic E-state index is -0.0864. The third kappa shape index (κ3) is 2.37. The average Bonchev–Trinajstić information content (AvgIpc) is 2.99. The van der Waals surface area contributed by atoms with Crippen molar-refractivity contribution in [2.75, 3.05) is 19.2 Å². The lowest BCUT2D eigenvalue weighted by molar-refractivity contribution is -0.116. The summed E-state index contributed by atoms with van der Waals surface area (Å²) in [5, 5.41) is 3.42. The van der Waals surface area contributed by atoms with Gasteiger partial charge in [0.05, 0.1) is 12.1 Å². The molecule has 0 aliphatic carbocycles. The normalized spacial score (nSPS) is 18.3. The van der Waals surface area contributed by atoms with Crippen molar-refractivity contribution in [3.05, 3.63) is 46.5 Å². The maximum absolute atomic E-state index is 12.1. The number of nitrogens with one attached hydrogen (secondary N) is 1. The zero-order valence-corrected chi connectivity index (χ0v) is 13.1. The number of fused-ring (bicyclic) bond motifs is 2. The number of rotatable bonds is 2. The average molecular weight is 332 g/mol. The standard InChI is InChI=1S/C17H14ClNO4/c1-21-14-3-2-9(4-12(14)18)10-6-17(20)19-13-7-16-15(5-11(10)13)22-8-23-16/h2-5,7,10H,6,8H2,1H3,(H,19,20)/t10-/m1/s1. The van der Waals surface area contributed by atoms with Gasteiger partial charge in [-0.15, -0.1) is 0 Å². The molecule has 0 radical (unpaired) electrons. The van der Waals surface area contributed by atoms with Crippen molar-refractivity contribution in [3.63, 3.8) is 0 Å². The lowest BCUT2D eigenvalue weighted by Gasteiger charge is -2.26. The van der Waals surface area contributed by atoms with Gasteiger partial charge in [0.15, 0.2) is 11.5 Å². The summed E-state index contributed by atoms with van der Waals surface area (Å²) < 4.78 is 16.0. The molecule has 0 saturated heterocycles. The molecule has 118 valence electrons. The smallest absolute Gasteiger partial charge is 0.231 e. The van der Waals surface area contributed by atoms with E-state index in [4.69, 9.17) is 25.8 Å². The molecule has 1 amide bonds. The van der Waals surface area contributed by atoms with Crippen LogP contribution in [-0.4, -0.2) is 19.8 Å². The van der Waals surface area contributed by atoms with Crippen molar-refractivity contribution < 1.29 is 19.0 Å². The molecule has 2 aromatic carbocycles. The van der Waals surface area contributed by atoms with Crippen molar-refractivity contribution in [1.29, 1.82) is 0 Å². The predicted octanol–water partition coefficient (Wildman–Crippen LogP) is 3.55. The zero-order valence-electron chi connectivity index (χ0n) is 12.4. The van der Waals surface area contributed by atoms with Crippen molar-refractivity contribution in [2.24, 2.45) is 0 Å². The first kappa shape index (κ1) is 14.2. The van der Waals surface area contributed by atoms with Crippen LogP contribution in [0.25, 0.3) is 0 Å². The number of anilines is 1. The number of methoxy groups -OCH3 is 1. The van der Waals surface area contributed by atoms with E-state index < -0.39 is 0 Å². The maximum atomic E-state index is 12.1. The second kappa shape index (κ2) is 5.35. The largest absolute Gasteiger partial charge is 0.495 e. The Morgan fingerprint density at radius 2 is 2.00 bits per heavy atom. The second-order valence-electron chi connectivity index (χ2n) is 5.49. The lowest BCUT2D eigenvalue weighted by Crippen LogP contribution is -2.23. The van der Waals surface area contributed by atoms with Crippen LogP contribution in [0.3, 0.4) is 0 Å². The molecule has 0 bridgehead atoms. The molecule has 2 heterocycles. The monoisotopic (exact) mass is 331 g/mol. The lowest BCUT2D eigenvalue weighted by atomic mass is 9.84. The third-order valence-electron chi connectivity index (χ3n) is 4.16. The molecule has 0 aromatic heterocycles. The number of ether oxygens (including phenoxy) is 3. The number of amides is 1. The van der Waals surface area contributed by atoms with E-state index in [1.165, 1.54) is 0 Å². The van der Waals surface area contributed by atoms with E-state index in [1.54, 1.807) is 7.11 Å². The summed E-state index contributed by atoms with van der Waals surface area (Å²) in [5.74, 6) is 1.84. The van der Waals surface area contributed by atoms with E-state index in [0.29, 0.717) is 28.7 Å². The van der Waals surface area contributed by atoms with Crippen LogP contribution in [0.1, 0.15) is 23.5 Å². The topological polar surface area (TPSA) is 56.8 Å². The van der Waals surface area contributed by atoms with Gasteiger partial charge in [-0.2, -0.15) is 0 Å². The van der Waals surface area contributed by atoms with Crippen LogP contribution in [0.5, 0.6) is 17.2 Å². The quantitative estimate of drug-likeness (QED) is 0.914. The van der Waals surface area contributed by atoms with Crippen molar-refractivity contribution >= 4 is 23.2 Å². The van der Waals surface area contributed by atoms with Gasteiger partial charge in [0.25, 0.3) is 0 Å². The van der Waals surface area contributed by atoms with Gasteiger partial charge in [0.1, 0.15) is 5.75 Å². The molecule has 2 aliphatic rings. The van der Waals surface area contributed by atoms with Gasteiger partial charge < -0.3 is 19.5 Å². The van der Waals surface area contributed by atoms with Gasteiger partial charge >= 0.3 is 0 Å². The highest BCUT2D eigenvalue weighted by molar-refractivity contribution is 6.32. The van der Waals surface area contributed by atoms with E-state index in [1.807, 2.05) is 30.3 Å². The van der Waals surface area contributed by atoms with Crippen molar-refractivity contribution in [3.8, 4) is 17.2 Å². The number of carbonyl (C=O) groups is 1. The van der Waals surface area contributed by atoms with Gasteiger partial charge in [-0.05, 0) is 29.3 Å². The number of carbonyl (C=O) groups excluding carboxylic acids is 1. The van der Waals surface area contributed by atoms with Crippen molar-refractivity contribution in [1.82, 2.24) is 0 Å². The fraction of sp³-hybridized carbons (Fsp3) is 0.235. The van der Waals surface area contributed by atoms with Gasteiger partial charge in [0, 0.05) is 24.1 Å². The SMILES string of the molecule is COc1ccc([C@H]2CC(=O)Nc3cc4c(cc32)OCO4)cc1Cl. The number of halogens is 1. The van der Waals surface area contributed by atoms with Crippen LogP contribution in [0.2, 0.25) is 5.02 Å². The maximum Gasteiger partial charge on any atom is 0.231 e. The van der Waals surface area contributed by atoms with Gasteiger partial charge in [-0.25, -0.2) is 0 Å². The highest BCUT2D eigenvalue weighted by atomic mass is 35.5. The summed E-state index contributed by atoms with van der Waals surface area (Å²) in [6, 6.07) is 9.34. The molecule has 2 aliphatic heterocycles. The summed E-state index contributed by atoms with van der Waals surface area (Å²) in [6.45, 7) is 0.200. The summed E-state index contributed by atoms with van der Waals surface area (Å²) in [6.07, 6.45) is 0.356. The van der Waals surface area contributed by atoms with E-state index in [2.05, 4.69) is 5.32 Å². The Balaban J connectivity index is 1.81. The van der Waals surface area contributed by atoms with E-state index in [9.17, 15) is 4.79 Å². The molecular weight excluding hydrogens is 318 g/mol. The first-order valence-electron chi connectivity index (χ1n) is 7.22. The number of benzene rings is 2. The molecular formula is C17H14ClNO4. The molecule has 1 N–H and O–H groups in total. The third-order valence-corrected chi connectivity index (χ3v) is 4.46. The fourth-order valence-corrected chi connectivity index (χ4v) is 3.31. The number of hydrogen-bond acceptors (Lipinski definition) is 4. The predicted molar refractivity (Wildman–Crippen MR) is 85.7 cm³/mol. The Kier molecular flexibility index (Phi) is 3.31. The van der Waals surface area contributed by atoms with Crippen LogP contribution >= 0.6 is 11.6 Å². The van der Waals surface area contributed by atoms with Crippen LogP contribution in [0.4, 0.5) is 5.69 Å². The fourth-order valence-electron chi connectivity index (χ4n) is 3.05. The van der Waals surface area contributed by atoms with Crippen molar-refractivity contribution in [2.45, 2.75) is 12.3 Å². The van der Waals surface area contributed by atoms with Gasteiger partial charge in [-0.3, -0.25) is 4.79 Å². The van der Waals surface area contributed by atoms with Crippen LogP contribution < -0.4 is 19.5 Å². The van der Waals surface area contributed by atoms with E-state index in [-0.39, 0.29) is 18.6 Å². The second-order valence-corrected chi connectivity index (χ2v) is 5.90. The van der Waals surface area contributed by atoms with E-state index >= 15 is 0 Å². The molecule has 2 aromatic rings. The highest BCUT2D eigenvalue weighted by Gasteiger charge is 2.30.